The van der Waals surface area contributed by atoms with E-state index in [1.54, 1.807) is 6.92 Å². The molecule has 0 spiro atoms. The van der Waals surface area contributed by atoms with Gasteiger partial charge >= 0.3 is 11.7 Å². The Bertz CT molecular complexity index is 479. The normalized spacial score (nSPS) is 11.9. The Morgan fingerprint density at radius 3 is 2.84 bits per heavy atom. The van der Waals surface area contributed by atoms with Gasteiger partial charge < -0.3 is 10.4 Å². The highest BCUT2D eigenvalue weighted by atomic mass is 19.1. The summed E-state index contributed by atoms with van der Waals surface area (Å²) in [6.45, 7) is 1.76. The molecule has 19 heavy (non-hydrogen) atoms. The fourth-order valence-electron chi connectivity index (χ4n) is 1.71. The van der Waals surface area contributed by atoms with Gasteiger partial charge in [-0.1, -0.05) is 6.07 Å². The number of carboxylic acid groups (broad SMARTS) is 1. The predicted octanol–water partition coefficient (Wildman–Crippen LogP) is 2.79. The molecule has 104 valence electrons. The van der Waals surface area contributed by atoms with Gasteiger partial charge in [-0.25, -0.2) is 0 Å². The second-order valence-electron chi connectivity index (χ2n) is 4.22. The van der Waals surface area contributed by atoms with Crippen LogP contribution in [0.1, 0.15) is 26.2 Å². The summed E-state index contributed by atoms with van der Waals surface area (Å²) in [6, 6.07) is 3.65. The maximum atomic E-state index is 13.3. The average Bonchev–Trinajstić information content (AvgIpc) is 2.27. The highest BCUT2D eigenvalue weighted by Crippen LogP contribution is 2.28. The number of nitro groups is 1. The van der Waals surface area contributed by atoms with E-state index < -0.39 is 22.4 Å². The molecular weight excluding hydrogens is 255 g/mol. The van der Waals surface area contributed by atoms with E-state index in [0.717, 1.165) is 6.07 Å². The van der Waals surface area contributed by atoms with Crippen molar-refractivity contribution in [2.75, 3.05) is 5.32 Å². The number of anilines is 1. The summed E-state index contributed by atoms with van der Waals surface area (Å²) in [4.78, 5) is 20.4. The van der Waals surface area contributed by atoms with Gasteiger partial charge in [0.1, 0.15) is 5.69 Å². The smallest absolute Gasteiger partial charge is 0.327 e. The van der Waals surface area contributed by atoms with Crippen LogP contribution in [0.3, 0.4) is 0 Å². The summed E-state index contributed by atoms with van der Waals surface area (Å²) < 4.78 is 13.3. The molecule has 1 aromatic rings. The lowest BCUT2D eigenvalue weighted by Gasteiger charge is -2.14. The lowest BCUT2D eigenvalue weighted by molar-refractivity contribution is -0.386. The average molecular weight is 270 g/mol. The molecule has 1 aromatic carbocycles. The highest BCUT2D eigenvalue weighted by molar-refractivity contribution is 5.66. The molecule has 0 aromatic heterocycles. The summed E-state index contributed by atoms with van der Waals surface area (Å²) in [5.74, 6) is -1.78. The van der Waals surface area contributed by atoms with Crippen molar-refractivity contribution in [3.8, 4) is 0 Å². The number of nitrogens with one attached hydrogen (secondary N) is 1. The van der Waals surface area contributed by atoms with Crippen LogP contribution in [-0.2, 0) is 4.79 Å². The molecule has 0 aliphatic heterocycles. The molecule has 0 amide bonds. The molecule has 0 aliphatic carbocycles. The molecule has 2 N–H and O–H groups in total. The molecule has 1 atom stereocenters. The summed E-state index contributed by atoms with van der Waals surface area (Å²) in [6.07, 6.45) is 1.02. The Kier molecular flexibility index (Phi) is 5.23. The van der Waals surface area contributed by atoms with Crippen molar-refractivity contribution in [3.05, 3.63) is 34.1 Å². The number of carbonyl (C=O) groups is 1. The predicted molar refractivity (Wildman–Crippen MR) is 67.6 cm³/mol. The van der Waals surface area contributed by atoms with Crippen molar-refractivity contribution in [2.24, 2.45) is 0 Å². The fraction of sp³-hybridized carbons (Fsp3) is 0.417. The summed E-state index contributed by atoms with van der Waals surface area (Å²) >= 11 is 0. The second-order valence-corrected chi connectivity index (χ2v) is 4.22. The topological polar surface area (TPSA) is 92.5 Å². The first-order chi connectivity index (χ1) is 8.91. The first kappa shape index (κ1) is 14.9. The molecule has 1 rings (SSSR count). The largest absolute Gasteiger partial charge is 0.481 e. The van der Waals surface area contributed by atoms with Crippen molar-refractivity contribution in [3.63, 3.8) is 0 Å². The van der Waals surface area contributed by atoms with E-state index in [4.69, 9.17) is 5.11 Å². The third kappa shape index (κ3) is 4.53. The minimum Gasteiger partial charge on any atom is -0.481 e. The van der Waals surface area contributed by atoms with E-state index in [-0.39, 0.29) is 18.2 Å². The Morgan fingerprint density at radius 2 is 2.26 bits per heavy atom. The van der Waals surface area contributed by atoms with Crippen LogP contribution in [0.15, 0.2) is 18.2 Å². The van der Waals surface area contributed by atoms with E-state index in [1.165, 1.54) is 12.1 Å². The van der Waals surface area contributed by atoms with E-state index in [0.29, 0.717) is 12.8 Å². The van der Waals surface area contributed by atoms with E-state index >= 15 is 0 Å². The molecule has 7 heteroatoms. The molecular formula is C12H15FN2O4. The van der Waals surface area contributed by atoms with Gasteiger partial charge in [-0.3, -0.25) is 14.9 Å². The quantitative estimate of drug-likeness (QED) is 0.587. The van der Waals surface area contributed by atoms with Crippen molar-refractivity contribution in [2.45, 2.75) is 32.2 Å². The van der Waals surface area contributed by atoms with Gasteiger partial charge in [-0.15, -0.1) is 0 Å². The van der Waals surface area contributed by atoms with E-state index in [1.807, 2.05) is 0 Å². The number of carboxylic acids is 1. The number of halogens is 1. The van der Waals surface area contributed by atoms with Crippen molar-refractivity contribution < 1.29 is 19.2 Å². The van der Waals surface area contributed by atoms with Crippen molar-refractivity contribution in [1.82, 2.24) is 0 Å². The number of aliphatic carboxylic acids is 1. The Labute approximate surface area is 109 Å². The number of nitro benzene ring substituents is 1. The van der Waals surface area contributed by atoms with Crippen LogP contribution in [0, 0.1) is 15.9 Å². The zero-order valence-corrected chi connectivity index (χ0v) is 10.4. The lowest BCUT2D eigenvalue weighted by atomic mass is 10.1. The zero-order chi connectivity index (χ0) is 14.4. The van der Waals surface area contributed by atoms with Crippen LogP contribution in [0.2, 0.25) is 0 Å². The number of nitrogens with zero attached hydrogens (tertiary/aromatic N) is 1. The van der Waals surface area contributed by atoms with Gasteiger partial charge in [0, 0.05) is 12.5 Å². The maximum Gasteiger partial charge on any atom is 0.327 e. The van der Waals surface area contributed by atoms with Crippen LogP contribution >= 0.6 is 0 Å². The number of benzene rings is 1. The molecule has 6 nitrogen and oxygen atoms in total. The third-order valence-corrected chi connectivity index (χ3v) is 2.60. The zero-order valence-electron chi connectivity index (χ0n) is 10.4. The Hall–Kier alpha value is -2.18. The van der Waals surface area contributed by atoms with Gasteiger partial charge in [0.2, 0.25) is 5.82 Å². The van der Waals surface area contributed by atoms with Crippen molar-refractivity contribution >= 4 is 17.3 Å². The first-order valence-corrected chi connectivity index (χ1v) is 5.83. The monoisotopic (exact) mass is 270 g/mol. The SMILES string of the molecule is CC(CCCC(=O)O)Nc1cccc(F)c1[N+](=O)[O-]. The van der Waals surface area contributed by atoms with Gasteiger partial charge in [0.25, 0.3) is 0 Å². The lowest BCUT2D eigenvalue weighted by Crippen LogP contribution is -2.16. The minimum absolute atomic E-state index is 0.0390. The molecule has 0 saturated carbocycles. The maximum absolute atomic E-state index is 13.3. The molecule has 1 unspecified atom stereocenters. The Morgan fingerprint density at radius 1 is 1.58 bits per heavy atom. The van der Waals surface area contributed by atoms with Crippen LogP contribution in [0.4, 0.5) is 15.8 Å². The van der Waals surface area contributed by atoms with Gasteiger partial charge in [0.15, 0.2) is 0 Å². The minimum atomic E-state index is -0.896. The number of para-hydroxylation sites is 1. The van der Waals surface area contributed by atoms with E-state index in [9.17, 15) is 19.3 Å². The second kappa shape index (κ2) is 6.67. The fourth-order valence-corrected chi connectivity index (χ4v) is 1.71. The van der Waals surface area contributed by atoms with Crippen LogP contribution in [-0.4, -0.2) is 22.0 Å². The Balaban J connectivity index is 2.68. The molecule has 0 fully saturated rings. The van der Waals surface area contributed by atoms with Crippen LogP contribution < -0.4 is 5.32 Å². The summed E-state index contributed by atoms with van der Waals surface area (Å²) in [5, 5.41) is 22.1. The van der Waals surface area contributed by atoms with Gasteiger partial charge in [-0.05, 0) is 31.9 Å². The number of hydrogen-bond donors (Lipinski definition) is 2. The third-order valence-electron chi connectivity index (χ3n) is 2.60. The number of hydrogen-bond acceptors (Lipinski definition) is 4. The van der Waals surface area contributed by atoms with Crippen LogP contribution in [0.5, 0.6) is 0 Å². The summed E-state index contributed by atoms with van der Waals surface area (Å²) in [7, 11) is 0. The molecule has 0 aliphatic rings. The number of rotatable bonds is 7. The van der Waals surface area contributed by atoms with Gasteiger partial charge in [0.05, 0.1) is 4.92 Å². The standard InChI is InChI=1S/C12H15FN2O4/c1-8(4-2-7-11(16)17)14-10-6-3-5-9(13)12(10)15(18)19/h3,5-6,8,14H,2,4,7H2,1H3,(H,16,17). The first-order valence-electron chi connectivity index (χ1n) is 5.83. The highest BCUT2D eigenvalue weighted by Gasteiger charge is 2.20. The van der Waals surface area contributed by atoms with Gasteiger partial charge in [-0.2, -0.15) is 4.39 Å². The van der Waals surface area contributed by atoms with E-state index in [2.05, 4.69) is 5.32 Å². The van der Waals surface area contributed by atoms with Crippen molar-refractivity contribution in [1.29, 1.82) is 0 Å². The molecule has 0 saturated heterocycles. The van der Waals surface area contributed by atoms with Crippen LogP contribution in [0.25, 0.3) is 0 Å². The summed E-state index contributed by atoms with van der Waals surface area (Å²) in [5.41, 5.74) is -0.486. The molecule has 0 bridgehead atoms. The molecule has 0 radical (unpaired) electrons. The molecule has 0 heterocycles.